The van der Waals surface area contributed by atoms with Gasteiger partial charge in [0.2, 0.25) is 0 Å². The molecule has 2 N–H and O–H groups in total. The molecule has 0 aliphatic rings. The molecule has 0 atom stereocenters. The number of hydrogen-bond donors (Lipinski definition) is 2. The third-order valence-corrected chi connectivity index (χ3v) is 4.60. The van der Waals surface area contributed by atoms with Crippen LogP contribution in [0.2, 0.25) is 0 Å². The molecule has 8 heteroatoms. The van der Waals surface area contributed by atoms with Crippen LogP contribution in [0, 0.1) is 6.92 Å². The van der Waals surface area contributed by atoms with Crippen molar-refractivity contribution < 1.29 is 18.3 Å². The molecule has 0 fully saturated rings. The van der Waals surface area contributed by atoms with Crippen molar-refractivity contribution in [2.24, 2.45) is 4.99 Å². The molecular formula is C18H23F2N3O2S. The van der Waals surface area contributed by atoms with Gasteiger partial charge in [-0.2, -0.15) is 8.78 Å². The average Bonchev–Trinajstić information content (AvgIpc) is 3.03. The maximum atomic E-state index is 12.5. The second-order valence-corrected chi connectivity index (χ2v) is 6.85. The van der Waals surface area contributed by atoms with Crippen LogP contribution in [-0.4, -0.2) is 33.3 Å². The van der Waals surface area contributed by atoms with Gasteiger partial charge in [-0.3, -0.25) is 4.99 Å². The molecule has 1 heterocycles. The highest BCUT2D eigenvalue weighted by atomic mass is 32.1. The Morgan fingerprint density at radius 1 is 1.19 bits per heavy atom. The van der Waals surface area contributed by atoms with Crippen LogP contribution in [0.15, 0.2) is 35.3 Å². The van der Waals surface area contributed by atoms with Gasteiger partial charge in [-0.15, -0.1) is 11.3 Å². The Morgan fingerprint density at radius 2 is 2.00 bits per heavy atom. The van der Waals surface area contributed by atoms with E-state index in [0.717, 1.165) is 5.56 Å². The summed E-state index contributed by atoms with van der Waals surface area (Å²) < 4.78 is 34.5. The third-order valence-electron chi connectivity index (χ3n) is 3.60. The molecule has 0 radical (unpaired) electrons. The largest absolute Gasteiger partial charge is 0.493 e. The van der Waals surface area contributed by atoms with E-state index >= 15 is 0 Å². The van der Waals surface area contributed by atoms with Gasteiger partial charge in [0.1, 0.15) is 0 Å². The van der Waals surface area contributed by atoms with E-state index in [2.05, 4.69) is 39.4 Å². The Morgan fingerprint density at radius 3 is 2.62 bits per heavy atom. The Balaban J connectivity index is 1.85. The molecule has 0 aliphatic carbocycles. The number of alkyl halides is 2. The molecule has 0 amide bonds. The average molecular weight is 383 g/mol. The van der Waals surface area contributed by atoms with Crippen LogP contribution in [-0.2, 0) is 13.0 Å². The number of aliphatic imine (C=N–C) groups is 1. The summed E-state index contributed by atoms with van der Waals surface area (Å²) in [6.45, 7) is 0.486. The maximum absolute atomic E-state index is 12.5. The fraction of sp³-hybridized carbons (Fsp3) is 0.389. The molecule has 2 rings (SSSR count). The summed E-state index contributed by atoms with van der Waals surface area (Å²) in [4.78, 5) is 6.68. The fourth-order valence-electron chi connectivity index (χ4n) is 2.36. The van der Waals surface area contributed by atoms with Crippen LogP contribution >= 0.6 is 11.3 Å². The van der Waals surface area contributed by atoms with Crippen LogP contribution in [0.1, 0.15) is 15.3 Å². The number of aryl methyl sites for hydroxylation is 1. The number of halogens is 2. The van der Waals surface area contributed by atoms with E-state index in [4.69, 9.17) is 4.74 Å². The van der Waals surface area contributed by atoms with Gasteiger partial charge < -0.3 is 20.1 Å². The number of rotatable bonds is 8. The first-order valence-corrected chi connectivity index (χ1v) is 8.95. The Kier molecular flexibility index (Phi) is 7.65. The van der Waals surface area contributed by atoms with Crippen molar-refractivity contribution >= 4 is 17.3 Å². The number of ether oxygens (including phenoxy) is 2. The molecule has 0 saturated carbocycles. The molecular weight excluding hydrogens is 360 g/mol. The first-order chi connectivity index (χ1) is 12.5. The smallest absolute Gasteiger partial charge is 0.387 e. The molecule has 142 valence electrons. The first kappa shape index (κ1) is 20.0. The van der Waals surface area contributed by atoms with Crippen molar-refractivity contribution in [3.63, 3.8) is 0 Å². The lowest BCUT2D eigenvalue weighted by molar-refractivity contribution is -0.0512. The van der Waals surface area contributed by atoms with E-state index in [1.807, 2.05) is 6.07 Å². The van der Waals surface area contributed by atoms with E-state index in [-0.39, 0.29) is 11.5 Å². The van der Waals surface area contributed by atoms with Crippen molar-refractivity contribution in [2.75, 3.05) is 20.7 Å². The monoisotopic (exact) mass is 383 g/mol. The predicted molar refractivity (Wildman–Crippen MR) is 101 cm³/mol. The molecule has 26 heavy (non-hydrogen) atoms. The van der Waals surface area contributed by atoms with E-state index in [9.17, 15) is 8.78 Å². The summed E-state index contributed by atoms with van der Waals surface area (Å²) in [6, 6.07) is 9.18. The molecule has 0 saturated heterocycles. The van der Waals surface area contributed by atoms with Crippen molar-refractivity contribution in [3.8, 4) is 11.5 Å². The number of nitrogens with zero attached hydrogens (tertiary/aromatic N) is 1. The minimum absolute atomic E-state index is 0.0376. The predicted octanol–water partition coefficient (Wildman–Crippen LogP) is 3.57. The lowest BCUT2D eigenvalue weighted by Gasteiger charge is -2.13. The minimum Gasteiger partial charge on any atom is -0.493 e. The summed E-state index contributed by atoms with van der Waals surface area (Å²) in [6.07, 6.45) is 0.627. The van der Waals surface area contributed by atoms with Crippen LogP contribution in [0.3, 0.4) is 0 Å². The van der Waals surface area contributed by atoms with Gasteiger partial charge in [0.15, 0.2) is 17.5 Å². The number of thiophene rings is 1. The van der Waals surface area contributed by atoms with Gasteiger partial charge >= 0.3 is 6.61 Å². The molecule has 5 nitrogen and oxygen atoms in total. The Bertz CT molecular complexity index is 735. The van der Waals surface area contributed by atoms with Crippen molar-refractivity contribution in [3.05, 3.63) is 45.6 Å². The van der Waals surface area contributed by atoms with Gasteiger partial charge in [0, 0.05) is 23.3 Å². The van der Waals surface area contributed by atoms with Gasteiger partial charge in [-0.05, 0) is 43.2 Å². The zero-order valence-corrected chi connectivity index (χ0v) is 15.8. The zero-order valence-electron chi connectivity index (χ0n) is 15.0. The van der Waals surface area contributed by atoms with Crippen LogP contribution in [0.5, 0.6) is 11.5 Å². The standard InChI is InChI=1S/C18H23F2N3O2S/c1-12-4-6-14(26-12)11-23-18(21-2)22-9-8-13-5-7-15(24-3)16(10-13)25-17(19)20/h4-7,10,17H,8-9,11H2,1-3H3,(H2,21,22,23). The Hall–Kier alpha value is -2.35. The Labute approximate surface area is 156 Å². The summed E-state index contributed by atoms with van der Waals surface area (Å²) in [5.74, 6) is 1.01. The molecule has 1 aromatic heterocycles. The normalized spacial score (nSPS) is 11.5. The molecule has 0 unspecified atom stereocenters. The lowest BCUT2D eigenvalue weighted by atomic mass is 10.1. The SMILES string of the molecule is CN=C(NCCc1ccc(OC)c(OC(F)F)c1)NCc1ccc(C)s1. The molecule has 2 aromatic rings. The second-order valence-electron chi connectivity index (χ2n) is 5.48. The lowest BCUT2D eigenvalue weighted by Crippen LogP contribution is -2.37. The molecule has 0 bridgehead atoms. The van der Waals surface area contributed by atoms with Gasteiger partial charge in [0.05, 0.1) is 13.7 Å². The minimum atomic E-state index is -2.89. The van der Waals surface area contributed by atoms with Crippen LogP contribution in [0.4, 0.5) is 8.78 Å². The first-order valence-electron chi connectivity index (χ1n) is 8.13. The van der Waals surface area contributed by atoms with Crippen LogP contribution in [0.25, 0.3) is 0 Å². The number of benzene rings is 1. The number of hydrogen-bond acceptors (Lipinski definition) is 4. The van der Waals surface area contributed by atoms with Crippen molar-refractivity contribution in [2.45, 2.75) is 26.5 Å². The topological polar surface area (TPSA) is 54.9 Å². The number of nitrogens with one attached hydrogen (secondary N) is 2. The van der Waals surface area contributed by atoms with Crippen LogP contribution < -0.4 is 20.1 Å². The van der Waals surface area contributed by atoms with Gasteiger partial charge in [-0.25, -0.2) is 0 Å². The molecule has 1 aromatic carbocycles. The van der Waals surface area contributed by atoms with E-state index in [0.29, 0.717) is 25.5 Å². The van der Waals surface area contributed by atoms with Crippen molar-refractivity contribution in [1.29, 1.82) is 0 Å². The maximum Gasteiger partial charge on any atom is 0.387 e. The molecule has 0 aliphatic heterocycles. The van der Waals surface area contributed by atoms with E-state index in [1.165, 1.54) is 16.9 Å². The fourth-order valence-corrected chi connectivity index (χ4v) is 3.19. The highest BCUT2D eigenvalue weighted by molar-refractivity contribution is 7.11. The summed E-state index contributed by atoms with van der Waals surface area (Å²) in [5, 5.41) is 6.45. The summed E-state index contributed by atoms with van der Waals surface area (Å²) >= 11 is 1.74. The van der Waals surface area contributed by atoms with Crippen molar-refractivity contribution in [1.82, 2.24) is 10.6 Å². The summed E-state index contributed by atoms with van der Waals surface area (Å²) in [7, 11) is 3.12. The number of guanidine groups is 1. The second kappa shape index (κ2) is 9.96. The quantitative estimate of drug-likeness (QED) is 0.541. The van der Waals surface area contributed by atoms with E-state index in [1.54, 1.807) is 30.5 Å². The van der Waals surface area contributed by atoms with E-state index < -0.39 is 6.61 Å². The highest BCUT2D eigenvalue weighted by Gasteiger charge is 2.11. The molecule has 0 spiro atoms. The third kappa shape index (κ3) is 6.18. The van der Waals surface area contributed by atoms with Gasteiger partial charge in [0.25, 0.3) is 0 Å². The zero-order chi connectivity index (χ0) is 18.9. The van der Waals surface area contributed by atoms with Gasteiger partial charge in [-0.1, -0.05) is 6.07 Å². The summed E-state index contributed by atoms with van der Waals surface area (Å²) in [5.41, 5.74) is 0.860. The highest BCUT2D eigenvalue weighted by Crippen LogP contribution is 2.29. The number of methoxy groups -OCH3 is 1.